The molecule has 1 saturated heterocycles. The first-order valence-corrected chi connectivity index (χ1v) is 8.36. The summed E-state index contributed by atoms with van der Waals surface area (Å²) >= 11 is 0. The molecule has 1 aliphatic carbocycles. The Morgan fingerprint density at radius 2 is 2.35 bits per heavy atom. The molecule has 0 aromatic carbocycles. The molecule has 1 unspecified atom stereocenters. The molecule has 2 heterocycles. The topological polar surface area (TPSA) is 63.7 Å². The van der Waals surface area contributed by atoms with Crippen LogP contribution in [0.2, 0.25) is 0 Å². The second-order valence-corrected chi connectivity index (χ2v) is 6.39. The van der Waals surface area contributed by atoms with Crippen molar-refractivity contribution in [1.29, 1.82) is 0 Å². The molecule has 23 heavy (non-hydrogen) atoms. The molecule has 2 fully saturated rings. The van der Waals surface area contributed by atoms with Crippen molar-refractivity contribution < 1.29 is 14.3 Å². The van der Waals surface area contributed by atoms with E-state index in [0.29, 0.717) is 19.1 Å². The number of carbonyl (C=O) groups excluding carboxylic acids is 1. The number of hydrogen-bond acceptors (Lipinski definition) is 5. The van der Waals surface area contributed by atoms with Crippen LogP contribution in [0.5, 0.6) is 0 Å². The van der Waals surface area contributed by atoms with Crippen molar-refractivity contribution in [3.8, 4) is 0 Å². The Morgan fingerprint density at radius 3 is 3.04 bits per heavy atom. The predicted octanol–water partition coefficient (Wildman–Crippen LogP) is 1.35. The van der Waals surface area contributed by atoms with Crippen molar-refractivity contribution in [3.63, 3.8) is 0 Å². The van der Waals surface area contributed by atoms with Gasteiger partial charge in [-0.3, -0.25) is 4.79 Å². The molecule has 1 atom stereocenters. The molecule has 126 valence electrons. The van der Waals surface area contributed by atoms with Crippen LogP contribution in [0.15, 0.2) is 18.3 Å². The largest absolute Gasteiger partial charge is 0.375 e. The highest BCUT2D eigenvalue weighted by atomic mass is 16.5. The quantitative estimate of drug-likeness (QED) is 0.822. The molecule has 6 nitrogen and oxygen atoms in total. The third-order valence-electron chi connectivity index (χ3n) is 4.15. The highest BCUT2D eigenvalue weighted by Gasteiger charge is 2.21. The SMILES string of the molecule is CC1CN(c2ccc(CNC(=O)COCC3CC3)cn2)CCO1. The van der Waals surface area contributed by atoms with E-state index in [1.165, 1.54) is 12.8 Å². The number of hydrogen-bond donors (Lipinski definition) is 1. The van der Waals surface area contributed by atoms with E-state index in [9.17, 15) is 4.79 Å². The van der Waals surface area contributed by atoms with Crippen LogP contribution in [0.4, 0.5) is 5.82 Å². The van der Waals surface area contributed by atoms with Gasteiger partial charge in [0.25, 0.3) is 0 Å². The molecule has 0 radical (unpaired) electrons. The van der Waals surface area contributed by atoms with E-state index >= 15 is 0 Å². The molecular weight excluding hydrogens is 294 g/mol. The van der Waals surface area contributed by atoms with Gasteiger partial charge in [0, 0.05) is 25.8 Å². The van der Waals surface area contributed by atoms with Crippen LogP contribution in [0.25, 0.3) is 0 Å². The van der Waals surface area contributed by atoms with Gasteiger partial charge in [-0.1, -0.05) is 6.07 Å². The van der Waals surface area contributed by atoms with Crippen LogP contribution in [-0.2, 0) is 20.8 Å². The summed E-state index contributed by atoms with van der Waals surface area (Å²) in [5, 5.41) is 2.86. The Kier molecular flexibility index (Phi) is 5.46. The number of amides is 1. The minimum atomic E-state index is -0.0725. The van der Waals surface area contributed by atoms with Crippen molar-refractivity contribution in [2.24, 2.45) is 5.92 Å². The monoisotopic (exact) mass is 319 g/mol. The van der Waals surface area contributed by atoms with E-state index < -0.39 is 0 Å². The highest BCUT2D eigenvalue weighted by Crippen LogP contribution is 2.28. The summed E-state index contributed by atoms with van der Waals surface area (Å²) in [6, 6.07) is 4.01. The van der Waals surface area contributed by atoms with Crippen molar-refractivity contribution >= 4 is 11.7 Å². The lowest BCUT2D eigenvalue weighted by atomic mass is 10.2. The predicted molar refractivity (Wildman–Crippen MR) is 87.3 cm³/mol. The lowest BCUT2D eigenvalue weighted by molar-refractivity contribution is -0.126. The summed E-state index contributed by atoms with van der Waals surface area (Å²) in [6.45, 7) is 5.88. The lowest BCUT2D eigenvalue weighted by Gasteiger charge is -2.32. The summed E-state index contributed by atoms with van der Waals surface area (Å²) in [5.41, 5.74) is 0.991. The average molecular weight is 319 g/mol. The van der Waals surface area contributed by atoms with E-state index in [2.05, 4.69) is 22.1 Å². The molecule has 6 heteroatoms. The molecule has 0 spiro atoms. The molecule has 1 aliphatic heterocycles. The van der Waals surface area contributed by atoms with E-state index in [1.54, 1.807) is 0 Å². The Morgan fingerprint density at radius 1 is 1.48 bits per heavy atom. The van der Waals surface area contributed by atoms with Crippen molar-refractivity contribution in [1.82, 2.24) is 10.3 Å². The molecule has 2 aliphatic rings. The fraction of sp³-hybridized carbons (Fsp3) is 0.647. The van der Waals surface area contributed by atoms with Crippen molar-refractivity contribution in [2.75, 3.05) is 37.8 Å². The first-order valence-electron chi connectivity index (χ1n) is 8.36. The van der Waals surface area contributed by atoms with Crippen LogP contribution in [0, 0.1) is 5.92 Å². The van der Waals surface area contributed by atoms with Gasteiger partial charge in [0.1, 0.15) is 12.4 Å². The maximum Gasteiger partial charge on any atom is 0.246 e. The Labute approximate surface area is 137 Å². The zero-order valence-corrected chi connectivity index (χ0v) is 13.7. The summed E-state index contributed by atoms with van der Waals surface area (Å²) in [6.07, 6.45) is 4.53. The molecule has 1 saturated carbocycles. The maximum absolute atomic E-state index is 11.7. The number of nitrogens with zero attached hydrogens (tertiary/aromatic N) is 2. The normalized spacial score (nSPS) is 21.3. The molecule has 1 N–H and O–H groups in total. The summed E-state index contributed by atoms with van der Waals surface area (Å²) < 4.78 is 10.9. The number of ether oxygens (including phenoxy) is 2. The molecular formula is C17H25N3O3. The number of rotatable bonds is 7. The third kappa shape index (κ3) is 5.18. The van der Waals surface area contributed by atoms with Gasteiger partial charge in [-0.15, -0.1) is 0 Å². The molecule has 1 aromatic rings. The number of morpholine rings is 1. The summed E-state index contributed by atoms with van der Waals surface area (Å²) in [5.74, 6) is 1.57. The number of anilines is 1. The van der Waals surface area contributed by atoms with Crippen LogP contribution >= 0.6 is 0 Å². The van der Waals surface area contributed by atoms with Crippen molar-refractivity contribution in [3.05, 3.63) is 23.9 Å². The molecule has 3 rings (SSSR count). The Bertz CT molecular complexity index is 516. The van der Waals surface area contributed by atoms with E-state index in [4.69, 9.17) is 9.47 Å². The van der Waals surface area contributed by atoms with Crippen LogP contribution in [-0.4, -0.2) is 49.9 Å². The maximum atomic E-state index is 11.7. The number of aromatic nitrogens is 1. The Balaban J connectivity index is 1.40. The van der Waals surface area contributed by atoms with Gasteiger partial charge in [0.05, 0.1) is 19.3 Å². The fourth-order valence-electron chi connectivity index (χ4n) is 2.59. The van der Waals surface area contributed by atoms with E-state index in [1.807, 2.05) is 18.3 Å². The Hall–Kier alpha value is -1.66. The fourth-order valence-corrected chi connectivity index (χ4v) is 2.59. The van der Waals surface area contributed by atoms with Crippen molar-refractivity contribution in [2.45, 2.75) is 32.4 Å². The van der Waals surface area contributed by atoms with Gasteiger partial charge < -0.3 is 19.7 Å². The van der Waals surface area contributed by atoms with Gasteiger partial charge in [-0.05, 0) is 37.3 Å². The van der Waals surface area contributed by atoms with Gasteiger partial charge in [0.2, 0.25) is 5.91 Å². The zero-order valence-electron chi connectivity index (χ0n) is 13.7. The van der Waals surface area contributed by atoms with E-state index in [0.717, 1.165) is 31.1 Å². The third-order valence-corrected chi connectivity index (χ3v) is 4.15. The molecule has 1 amide bonds. The minimum absolute atomic E-state index is 0.0725. The van der Waals surface area contributed by atoms with Gasteiger partial charge >= 0.3 is 0 Å². The molecule has 0 bridgehead atoms. The summed E-state index contributed by atoms with van der Waals surface area (Å²) in [7, 11) is 0. The standard InChI is InChI=1S/C17H25N3O3/c1-13-10-20(6-7-23-13)16-5-4-15(8-18-16)9-19-17(21)12-22-11-14-2-3-14/h4-5,8,13-14H,2-3,6-7,9-12H2,1H3,(H,19,21). The first kappa shape index (κ1) is 16.2. The van der Waals surface area contributed by atoms with Crippen LogP contribution < -0.4 is 10.2 Å². The van der Waals surface area contributed by atoms with Gasteiger partial charge in [-0.25, -0.2) is 4.98 Å². The van der Waals surface area contributed by atoms with Crippen LogP contribution in [0.1, 0.15) is 25.3 Å². The lowest BCUT2D eigenvalue weighted by Crippen LogP contribution is -2.41. The second kappa shape index (κ2) is 7.75. The second-order valence-electron chi connectivity index (χ2n) is 6.39. The van der Waals surface area contributed by atoms with Gasteiger partial charge in [-0.2, -0.15) is 0 Å². The average Bonchev–Trinajstić information content (AvgIpc) is 3.38. The smallest absolute Gasteiger partial charge is 0.246 e. The number of pyridine rings is 1. The minimum Gasteiger partial charge on any atom is -0.375 e. The number of nitrogens with one attached hydrogen (secondary N) is 1. The summed E-state index contributed by atoms with van der Waals surface area (Å²) in [4.78, 5) is 18.4. The van der Waals surface area contributed by atoms with E-state index in [-0.39, 0.29) is 18.6 Å². The zero-order chi connectivity index (χ0) is 16.1. The number of carbonyl (C=O) groups is 1. The first-order chi connectivity index (χ1) is 11.2. The highest BCUT2D eigenvalue weighted by molar-refractivity contribution is 5.77. The van der Waals surface area contributed by atoms with Crippen LogP contribution in [0.3, 0.4) is 0 Å². The molecule has 1 aromatic heterocycles. The van der Waals surface area contributed by atoms with Gasteiger partial charge in [0.15, 0.2) is 0 Å².